The molecule has 3 rings (SSSR count). The van der Waals surface area contributed by atoms with Gasteiger partial charge in [0.1, 0.15) is 0 Å². The van der Waals surface area contributed by atoms with Gasteiger partial charge >= 0.3 is 0 Å². The van der Waals surface area contributed by atoms with Crippen LogP contribution in [0.1, 0.15) is 108 Å². The fourth-order valence-electron chi connectivity index (χ4n) is 5.20. The molecule has 1 aromatic carbocycles. The zero-order valence-electron chi connectivity index (χ0n) is 20.2. The molecular weight excluding hydrogens is 374 g/mol. The quantitative estimate of drug-likeness (QED) is 0.295. The summed E-state index contributed by atoms with van der Waals surface area (Å²) in [6, 6.07) is 13.6. The first kappa shape index (κ1) is 24.0. The Morgan fingerprint density at radius 3 is 1.94 bits per heavy atom. The topological polar surface area (TPSA) is 12.9 Å². The van der Waals surface area contributed by atoms with Crippen LogP contribution in [-0.4, -0.2) is 4.98 Å². The van der Waals surface area contributed by atoms with Crippen LogP contribution in [-0.2, 0) is 12.8 Å². The fourth-order valence-corrected chi connectivity index (χ4v) is 5.20. The van der Waals surface area contributed by atoms with Gasteiger partial charge in [0.05, 0.1) is 5.69 Å². The summed E-state index contributed by atoms with van der Waals surface area (Å²) < 4.78 is 0. The van der Waals surface area contributed by atoms with Crippen LogP contribution < -0.4 is 0 Å². The SMILES string of the molecule is CCCCCCc1ccc(-c2ccc(CC[C@H]3CC[C@H](CCCCC)CC3)cc2)nc1. The zero-order valence-corrected chi connectivity index (χ0v) is 20.2. The molecule has 1 heteroatoms. The van der Waals surface area contributed by atoms with Crippen LogP contribution in [0.2, 0.25) is 0 Å². The van der Waals surface area contributed by atoms with Crippen molar-refractivity contribution in [1.29, 1.82) is 0 Å². The molecule has 1 aliphatic carbocycles. The molecular formula is C30H45N. The zero-order chi connectivity index (χ0) is 21.7. The maximum absolute atomic E-state index is 4.73. The Hall–Kier alpha value is -1.63. The molecule has 1 nitrogen and oxygen atoms in total. The summed E-state index contributed by atoms with van der Waals surface area (Å²) >= 11 is 0. The first-order chi connectivity index (χ1) is 15.3. The number of unbranched alkanes of at least 4 members (excludes halogenated alkanes) is 5. The first-order valence-corrected chi connectivity index (χ1v) is 13.3. The van der Waals surface area contributed by atoms with Crippen molar-refractivity contribution in [2.75, 3.05) is 0 Å². The molecule has 1 fully saturated rings. The number of aryl methyl sites for hydroxylation is 2. The molecule has 0 N–H and O–H groups in total. The van der Waals surface area contributed by atoms with Crippen LogP contribution in [0.15, 0.2) is 42.6 Å². The second kappa shape index (κ2) is 13.7. The molecule has 170 valence electrons. The first-order valence-electron chi connectivity index (χ1n) is 13.3. The minimum atomic E-state index is 0.952. The number of rotatable bonds is 13. The Bertz CT molecular complexity index is 707. The van der Waals surface area contributed by atoms with E-state index in [0.717, 1.165) is 24.0 Å². The van der Waals surface area contributed by atoms with Gasteiger partial charge in [-0.2, -0.15) is 0 Å². The molecule has 0 atom stereocenters. The van der Waals surface area contributed by atoms with Gasteiger partial charge in [-0.05, 0) is 54.7 Å². The van der Waals surface area contributed by atoms with Crippen molar-refractivity contribution in [2.45, 2.75) is 110 Å². The predicted octanol–water partition coefficient (Wildman–Crippen LogP) is 9.19. The van der Waals surface area contributed by atoms with Gasteiger partial charge < -0.3 is 0 Å². The summed E-state index contributed by atoms with van der Waals surface area (Å²) in [5, 5.41) is 0. The van der Waals surface area contributed by atoms with Gasteiger partial charge in [-0.15, -0.1) is 0 Å². The highest BCUT2D eigenvalue weighted by Gasteiger charge is 2.20. The van der Waals surface area contributed by atoms with Crippen molar-refractivity contribution < 1.29 is 0 Å². The van der Waals surface area contributed by atoms with Crippen molar-refractivity contribution in [3.8, 4) is 11.3 Å². The Morgan fingerprint density at radius 2 is 1.29 bits per heavy atom. The maximum Gasteiger partial charge on any atom is 0.0702 e. The van der Waals surface area contributed by atoms with E-state index in [1.807, 2.05) is 0 Å². The molecule has 1 saturated carbocycles. The standard InChI is InChI=1S/C30H45N/c1-3-5-7-9-11-28-20-23-30(31-24-28)29-21-18-27(19-22-29)17-16-26-14-12-25(13-15-26)10-8-6-4-2/h18-26H,3-17H2,1-2H3/t25-,26-. The molecule has 1 aromatic heterocycles. The summed E-state index contributed by atoms with van der Waals surface area (Å²) in [7, 11) is 0. The van der Waals surface area contributed by atoms with Crippen molar-refractivity contribution in [1.82, 2.24) is 4.98 Å². The molecule has 0 amide bonds. The lowest BCUT2D eigenvalue weighted by Crippen LogP contribution is -2.15. The number of hydrogen-bond donors (Lipinski definition) is 0. The molecule has 31 heavy (non-hydrogen) atoms. The summed E-state index contributed by atoms with van der Waals surface area (Å²) in [4.78, 5) is 4.73. The smallest absolute Gasteiger partial charge is 0.0702 e. The molecule has 0 radical (unpaired) electrons. The lowest BCUT2D eigenvalue weighted by atomic mass is 9.78. The average Bonchev–Trinajstić information content (AvgIpc) is 2.82. The molecule has 2 aromatic rings. The van der Waals surface area contributed by atoms with Gasteiger partial charge in [-0.3, -0.25) is 4.98 Å². The largest absolute Gasteiger partial charge is 0.256 e. The normalized spacial score (nSPS) is 18.9. The van der Waals surface area contributed by atoms with Crippen molar-refractivity contribution in [3.63, 3.8) is 0 Å². The highest BCUT2D eigenvalue weighted by atomic mass is 14.7. The highest BCUT2D eigenvalue weighted by molar-refractivity contribution is 5.59. The van der Waals surface area contributed by atoms with Crippen LogP contribution in [0.25, 0.3) is 11.3 Å². The van der Waals surface area contributed by atoms with E-state index in [4.69, 9.17) is 4.98 Å². The third-order valence-corrected chi connectivity index (χ3v) is 7.42. The average molecular weight is 420 g/mol. The van der Waals surface area contributed by atoms with E-state index in [9.17, 15) is 0 Å². The molecule has 0 unspecified atom stereocenters. The van der Waals surface area contributed by atoms with E-state index in [1.165, 1.54) is 107 Å². The minimum absolute atomic E-state index is 0.952. The van der Waals surface area contributed by atoms with Crippen LogP contribution in [0.4, 0.5) is 0 Å². The minimum Gasteiger partial charge on any atom is -0.256 e. The van der Waals surface area contributed by atoms with Gasteiger partial charge in [0.15, 0.2) is 0 Å². The van der Waals surface area contributed by atoms with E-state index in [2.05, 4.69) is 56.4 Å². The van der Waals surface area contributed by atoms with Gasteiger partial charge in [-0.1, -0.05) is 115 Å². The Kier molecular flexibility index (Phi) is 10.6. The number of pyridine rings is 1. The van der Waals surface area contributed by atoms with Crippen LogP contribution in [0, 0.1) is 11.8 Å². The highest BCUT2D eigenvalue weighted by Crippen LogP contribution is 2.34. The van der Waals surface area contributed by atoms with Crippen LogP contribution in [0.5, 0.6) is 0 Å². The molecule has 0 spiro atoms. The molecule has 0 aliphatic heterocycles. The molecule has 1 heterocycles. The molecule has 0 bridgehead atoms. The van der Waals surface area contributed by atoms with Crippen molar-refractivity contribution in [3.05, 3.63) is 53.7 Å². The third kappa shape index (κ3) is 8.43. The second-order valence-corrected chi connectivity index (χ2v) is 9.98. The Morgan fingerprint density at radius 1 is 0.645 bits per heavy atom. The van der Waals surface area contributed by atoms with Crippen LogP contribution >= 0.6 is 0 Å². The van der Waals surface area contributed by atoms with Gasteiger partial charge in [0.2, 0.25) is 0 Å². The van der Waals surface area contributed by atoms with Gasteiger partial charge in [-0.25, -0.2) is 0 Å². The summed E-state index contributed by atoms with van der Waals surface area (Å²) in [5.74, 6) is 1.98. The Labute approximate surface area is 192 Å². The number of aromatic nitrogens is 1. The van der Waals surface area contributed by atoms with Crippen molar-refractivity contribution in [2.24, 2.45) is 11.8 Å². The predicted molar refractivity (Wildman–Crippen MR) is 135 cm³/mol. The van der Waals surface area contributed by atoms with E-state index in [-0.39, 0.29) is 0 Å². The number of nitrogens with zero attached hydrogens (tertiary/aromatic N) is 1. The Balaban J connectivity index is 1.39. The number of hydrogen-bond acceptors (Lipinski definition) is 1. The monoisotopic (exact) mass is 419 g/mol. The molecule has 1 aliphatic rings. The maximum atomic E-state index is 4.73. The third-order valence-electron chi connectivity index (χ3n) is 7.42. The summed E-state index contributed by atoms with van der Waals surface area (Å²) in [6.45, 7) is 4.58. The van der Waals surface area contributed by atoms with Gasteiger partial charge in [0, 0.05) is 11.8 Å². The summed E-state index contributed by atoms with van der Waals surface area (Å²) in [6.07, 6.45) is 22.7. The van der Waals surface area contributed by atoms with E-state index in [1.54, 1.807) is 0 Å². The number of benzene rings is 1. The van der Waals surface area contributed by atoms with Gasteiger partial charge in [0.25, 0.3) is 0 Å². The summed E-state index contributed by atoms with van der Waals surface area (Å²) in [5.41, 5.74) is 5.21. The fraction of sp³-hybridized carbons (Fsp3) is 0.633. The van der Waals surface area contributed by atoms with E-state index >= 15 is 0 Å². The lowest BCUT2D eigenvalue weighted by Gasteiger charge is -2.28. The van der Waals surface area contributed by atoms with Crippen molar-refractivity contribution >= 4 is 0 Å². The van der Waals surface area contributed by atoms with E-state index in [0.29, 0.717) is 0 Å². The lowest BCUT2D eigenvalue weighted by molar-refractivity contribution is 0.249. The van der Waals surface area contributed by atoms with Crippen LogP contribution in [0.3, 0.4) is 0 Å². The van der Waals surface area contributed by atoms with E-state index < -0.39 is 0 Å². The molecule has 0 saturated heterocycles. The second-order valence-electron chi connectivity index (χ2n) is 9.98.